The van der Waals surface area contributed by atoms with E-state index in [2.05, 4.69) is 20.3 Å². The number of benzene rings is 2. The highest BCUT2D eigenvalue weighted by molar-refractivity contribution is 8.00. The van der Waals surface area contributed by atoms with E-state index in [0.29, 0.717) is 15.8 Å². The molecule has 0 saturated heterocycles. The number of nitrogens with one attached hydrogen (secondary N) is 2. The maximum Gasteiger partial charge on any atom is 0.237 e. The number of thioether (sulfide) groups is 1. The van der Waals surface area contributed by atoms with Gasteiger partial charge in [-0.15, -0.1) is 0 Å². The van der Waals surface area contributed by atoms with Gasteiger partial charge in [-0.05, 0) is 35.9 Å². The molecule has 2 aromatic heterocycles. The molecule has 1 atom stereocenters. The van der Waals surface area contributed by atoms with Crippen molar-refractivity contribution in [2.45, 2.75) is 17.3 Å². The number of H-pyrrole nitrogens is 1. The van der Waals surface area contributed by atoms with E-state index in [1.165, 1.54) is 11.8 Å². The maximum absolute atomic E-state index is 12.5. The van der Waals surface area contributed by atoms with Gasteiger partial charge >= 0.3 is 0 Å². The number of aromatic nitrogens is 3. The summed E-state index contributed by atoms with van der Waals surface area (Å²) in [5, 5.41) is 6.04. The molecular weight excluding hydrogens is 368 g/mol. The van der Waals surface area contributed by atoms with E-state index in [4.69, 9.17) is 11.6 Å². The number of hydrogen-bond donors (Lipinski definition) is 2. The molecule has 0 aliphatic rings. The summed E-state index contributed by atoms with van der Waals surface area (Å²) in [6.45, 7) is 1.84. The minimum Gasteiger partial charge on any atom is -0.331 e. The lowest BCUT2D eigenvalue weighted by atomic mass is 10.1. The monoisotopic (exact) mass is 382 g/mol. The first-order valence-electron chi connectivity index (χ1n) is 8.06. The summed E-state index contributed by atoms with van der Waals surface area (Å²) in [5.74, 6) is -0.0864. The van der Waals surface area contributed by atoms with Crippen LogP contribution in [0.1, 0.15) is 6.92 Å². The summed E-state index contributed by atoms with van der Waals surface area (Å²) in [5.41, 5.74) is 2.11. The molecule has 2 N–H and O–H groups in total. The van der Waals surface area contributed by atoms with Crippen LogP contribution in [-0.4, -0.2) is 26.1 Å². The van der Waals surface area contributed by atoms with Crippen molar-refractivity contribution >= 4 is 56.9 Å². The molecule has 2 aromatic carbocycles. The number of fused-ring (bicyclic) bond motifs is 2. The molecule has 2 heterocycles. The second-order valence-corrected chi connectivity index (χ2v) is 7.64. The van der Waals surface area contributed by atoms with Crippen molar-refractivity contribution in [2.75, 3.05) is 5.32 Å². The van der Waals surface area contributed by atoms with Gasteiger partial charge < -0.3 is 10.3 Å². The van der Waals surface area contributed by atoms with E-state index in [1.54, 1.807) is 12.3 Å². The lowest BCUT2D eigenvalue weighted by molar-refractivity contribution is -0.115. The molecule has 26 heavy (non-hydrogen) atoms. The standard InChI is InChI=1S/C19H15ClN4OS/c1-11(26-19-23-16-9-14(20)10-21-17(16)24-19)18(25)22-15-7-6-12-4-2-3-5-13(12)8-15/h2-11H,1H3,(H,22,25)(H,21,23,24)/t11-/m1/s1. The molecule has 0 unspecified atom stereocenters. The van der Waals surface area contributed by atoms with Crippen molar-refractivity contribution in [1.29, 1.82) is 0 Å². The molecule has 0 bridgehead atoms. The van der Waals surface area contributed by atoms with Gasteiger partial charge in [-0.25, -0.2) is 9.97 Å². The van der Waals surface area contributed by atoms with Gasteiger partial charge in [0.1, 0.15) is 0 Å². The number of halogens is 1. The number of nitrogens with zero attached hydrogens (tertiary/aromatic N) is 2. The lowest BCUT2D eigenvalue weighted by Gasteiger charge is -2.11. The highest BCUT2D eigenvalue weighted by Gasteiger charge is 2.17. The predicted molar refractivity (Wildman–Crippen MR) is 107 cm³/mol. The van der Waals surface area contributed by atoms with Crippen molar-refractivity contribution in [1.82, 2.24) is 15.0 Å². The van der Waals surface area contributed by atoms with E-state index in [-0.39, 0.29) is 11.2 Å². The number of anilines is 1. The highest BCUT2D eigenvalue weighted by Crippen LogP contribution is 2.25. The summed E-state index contributed by atoms with van der Waals surface area (Å²) < 4.78 is 0. The molecule has 0 saturated carbocycles. The second kappa shape index (κ2) is 6.97. The molecule has 0 spiro atoms. The van der Waals surface area contributed by atoms with Crippen LogP contribution in [0.4, 0.5) is 5.69 Å². The van der Waals surface area contributed by atoms with Crippen molar-refractivity contribution in [2.24, 2.45) is 0 Å². The Bertz CT molecular complexity index is 1110. The summed E-state index contributed by atoms with van der Waals surface area (Å²) in [6, 6.07) is 15.7. The normalized spacial score (nSPS) is 12.4. The third-order valence-corrected chi connectivity index (χ3v) is 5.15. The summed E-state index contributed by atoms with van der Waals surface area (Å²) in [4.78, 5) is 24.2. The third kappa shape index (κ3) is 3.52. The number of hydrogen-bond acceptors (Lipinski definition) is 4. The molecular formula is C19H15ClN4OS. The Kier molecular flexibility index (Phi) is 4.53. The number of amides is 1. The number of carbonyl (C=O) groups excluding carboxylic acids is 1. The van der Waals surface area contributed by atoms with E-state index < -0.39 is 0 Å². The zero-order chi connectivity index (χ0) is 18.1. The van der Waals surface area contributed by atoms with Gasteiger partial charge in [-0.3, -0.25) is 4.79 Å². The van der Waals surface area contributed by atoms with Gasteiger partial charge in [0.2, 0.25) is 5.91 Å². The van der Waals surface area contributed by atoms with Crippen LogP contribution in [0.3, 0.4) is 0 Å². The summed E-state index contributed by atoms with van der Waals surface area (Å²) >= 11 is 7.28. The number of aromatic amines is 1. The Labute approximate surface area is 159 Å². The summed E-state index contributed by atoms with van der Waals surface area (Å²) in [6.07, 6.45) is 1.55. The first-order valence-corrected chi connectivity index (χ1v) is 9.32. The van der Waals surface area contributed by atoms with Crippen LogP contribution in [-0.2, 0) is 4.79 Å². The fourth-order valence-electron chi connectivity index (χ4n) is 2.64. The fraction of sp³-hybridized carbons (Fsp3) is 0.105. The average molecular weight is 383 g/mol. The number of rotatable bonds is 4. The highest BCUT2D eigenvalue weighted by atomic mass is 35.5. The van der Waals surface area contributed by atoms with Crippen molar-refractivity contribution in [3.63, 3.8) is 0 Å². The Balaban J connectivity index is 1.47. The largest absolute Gasteiger partial charge is 0.331 e. The molecule has 0 aliphatic heterocycles. The SMILES string of the molecule is C[C@@H](Sc1nc2ncc(Cl)cc2[nH]1)C(=O)Nc1ccc2ccccc2c1. The van der Waals surface area contributed by atoms with Crippen LogP contribution in [0.2, 0.25) is 5.02 Å². The average Bonchev–Trinajstić information content (AvgIpc) is 3.02. The fourth-order valence-corrected chi connectivity index (χ4v) is 3.61. The number of imidazole rings is 1. The van der Waals surface area contributed by atoms with Gasteiger partial charge in [0, 0.05) is 11.9 Å². The molecule has 4 rings (SSSR count). The van der Waals surface area contributed by atoms with Crippen LogP contribution in [0.25, 0.3) is 21.9 Å². The smallest absolute Gasteiger partial charge is 0.237 e. The Hall–Kier alpha value is -2.57. The predicted octanol–water partition coefficient (Wildman–Crippen LogP) is 4.88. The van der Waals surface area contributed by atoms with E-state index in [9.17, 15) is 4.79 Å². The Morgan fingerprint density at radius 3 is 2.85 bits per heavy atom. The molecule has 4 aromatic rings. The van der Waals surface area contributed by atoms with Crippen LogP contribution in [0.5, 0.6) is 0 Å². The Morgan fingerprint density at radius 2 is 2.00 bits per heavy atom. The van der Waals surface area contributed by atoms with Gasteiger partial charge in [-0.2, -0.15) is 0 Å². The maximum atomic E-state index is 12.5. The topological polar surface area (TPSA) is 70.7 Å². The van der Waals surface area contributed by atoms with E-state index >= 15 is 0 Å². The van der Waals surface area contributed by atoms with E-state index in [1.807, 2.05) is 49.4 Å². The number of pyridine rings is 1. The third-order valence-electron chi connectivity index (χ3n) is 3.96. The molecule has 1 amide bonds. The van der Waals surface area contributed by atoms with Crippen LogP contribution in [0.15, 0.2) is 59.9 Å². The Morgan fingerprint density at radius 1 is 1.19 bits per heavy atom. The van der Waals surface area contributed by atoms with Crippen molar-refractivity contribution in [3.05, 3.63) is 59.8 Å². The minimum atomic E-state index is -0.322. The first-order chi connectivity index (χ1) is 12.6. The van der Waals surface area contributed by atoms with Crippen LogP contribution < -0.4 is 5.32 Å². The molecule has 130 valence electrons. The van der Waals surface area contributed by atoms with Crippen LogP contribution >= 0.6 is 23.4 Å². The molecule has 5 nitrogen and oxygen atoms in total. The van der Waals surface area contributed by atoms with Gasteiger partial charge in [0.25, 0.3) is 0 Å². The molecule has 0 aliphatic carbocycles. The lowest BCUT2D eigenvalue weighted by Crippen LogP contribution is -2.22. The van der Waals surface area contributed by atoms with Gasteiger partial charge in [0.05, 0.1) is 15.8 Å². The van der Waals surface area contributed by atoms with Crippen molar-refractivity contribution in [3.8, 4) is 0 Å². The molecule has 0 radical (unpaired) electrons. The zero-order valence-corrected chi connectivity index (χ0v) is 15.4. The van der Waals surface area contributed by atoms with E-state index in [0.717, 1.165) is 22.0 Å². The van der Waals surface area contributed by atoms with Gasteiger partial charge in [0.15, 0.2) is 10.8 Å². The van der Waals surface area contributed by atoms with Gasteiger partial charge in [-0.1, -0.05) is 53.7 Å². The summed E-state index contributed by atoms with van der Waals surface area (Å²) in [7, 11) is 0. The van der Waals surface area contributed by atoms with Crippen molar-refractivity contribution < 1.29 is 4.79 Å². The van der Waals surface area contributed by atoms with Crippen LogP contribution in [0, 0.1) is 0 Å². The quantitative estimate of drug-likeness (QED) is 0.493. The second-order valence-electron chi connectivity index (χ2n) is 5.88. The minimum absolute atomic E-state index is 0.0864. The number of carbonyl (C=O) groups is 1. The molecule has 0 fully saturated rings. The first kappa shape index (κ1) is 16.9. The molecule has 7 heteroatoms. The zero-order valence-electron chi connectivity index (χ0n) is 13.9.